The molecule has 3 N–H and O–H groups in total. The fraction of sp³-hybridized carbons (Fsp3) is 0.412. The zero-order valence-corrected chi connectivity index (χ0v) is 16.6. The van der Waals surface area contributed by atoms with Gasteiger partial charge in [-0.15, -0.1) is 12.4 Å². The number of hydrogen-bond acceptors (Lipinski definition) is 5. The first kappa shape index (κ1) is 21.4. The number of benzene rings is 1. The highest BCUT2D eigenvalue weighted by molar-refractivity contribution is 7.89. The number of halogens is 1. The van der Waals surface area contributed by atoms with E-state index < -0.39 is 10.0 Å². The fourth-order valence-corrected chi connectivity index (χ4v) is 4.17. The van der Waals surface area contributed by atoms with Crippen molar-refractivity contribution in [3.05, 3.63) is 48.3 Å². The minimum Gasteiger partial charge on any atom is -0.354 e. The van der Waals surface area contributed by atoms with Crippen LogP contribution >= 0.6 is 12.4 Å². The van der Waals surface area contributed by atoms with Gasteiger partial charge < -0.3 is 10.6 Å². The van der Waals surface area contributed by atoms with Crippen LogP contribution in [-0.4, -0.2) is 50.3 Å². The summed E-state index contributed by atoms with van der Waals surface area (Å²) in [5.41, 5.74) is 1.03. The lowest BCUT2D eigenvalue weighted by molar-refractivity contribution is -0.124. The van der Waals surface area contributed by atoms with Crippen LogP contribution in [0.5, 0.6) is 0 Å². The molecule has 0 bridgehead atoms. The molecule has 1 amide bonds. The van der Waals surface area contributed by atoms with Gasteiger partial charge in [0.2, 0.25) is 15.9 Å². The molecule has 8 nitrogen and oxygen atoms in total. The van der Waals surface area contributed by atoms with Gasteiger partial charge in [0.15, 0.2) is 0 Å². The van der Waals surface area contributed by atoms with E-state index in [0.717, 1.165) is 12.1 Å². The average molecular weight is 414 g/mol. The quantitative estimate of drug-likeness (QED) is 0.564. The molecular weight excluding hydrogens is 390 g/mol. The number of amides is 1. The summed E-state index contributed by atoms with van der Waals surface area (Å²) in [4.78, 5) is 12.7. The summed E-state index contributed by atoms with van der Waals surface area (Å²) in [6.07, 6.45) is 3.71. The first-order valence-corrected chi connectivity index (χ1v) is 9.97. The molecule has 0 aliphatic carbocycles. The standard InChI is InChI=1S/C17H23N5O3S.ClH/c1-22-12-13(9-20-22)15-10-18-11-16(15)17(23)19-7-8-21-26(24,25)14-5-3-2-4-6-14;/h2-6,9,12,15-16,18,21H,7-8,10-11H2,1H3,(H,19,23);1H/t15-,16+;/m1./s1. The average Bonchev–Trinajstić information content (AvgIpc) is 3.28. The Morgan fingerprint density at radius 3 is 2.67 bits per heavy atom. The molecule has 2 atom stereocenters. The Morgan fingerprint density at radius 1 is 1.26 bits per heavy atom. The third-order valence-electron chi connectivity index (χ3n) is 4.47. The highest BCUT2D eigenvalue weighted by Crippen LogP contribution is 2.27. The number of nitrogens with one attached hydrogen (secondary N) is 3. The predicted octanol–water partition coefficient (Wildman–Crippen LogP) is 0.240. The zero-order valence-electron chi connectivity index (χ0n) is 15.0. The van der Waals surface area contributed by atoms with Gasteiger partial charge in [0.1, 0.15) is 0 Å². The number of aryl methyl sites for hydroxylation is 1. The van der Waals surface area contributed by atoms with E-state index in [1.807, 2.05) is 13.2 Å². The van der Waals surface area contributed by atoms with E-state index in [9.17, 15) is 13.2 Å². The second-order valence-corrected chi connectivity index (χ2v) is 8.09. The lowest BCUT2D eigenvalue weighted by Gasteiger charge is -2.17. The highest BCUT2D eigenvalue weighted by atomic mass is 35.5. The molecule has 0 spiro atoms. The van der Waals surface area contributed by atoms with Gasteiger partial charge in [0.05, 0.1) is 17.0 Å². The van der Waals surface area contributed by atoms with Gasteiger partial charge in [-0.1, -0.05) is 18.2 Å². The second kappa shape index (κ2) is 9.32. The van der Waals surface area contributed by atoms with E-state index in [2.05, 4.69) is 20.5 Å². The number of hydrogen-bond donors (Lipinski definition) is 3. The molecule has 1 aromatic carbocycles. The number of carbonyl (C=O) groups is 1. The minimum absolute atomic E-state index is 0. The Hall–Kier alpha value is -1.94. The summed E-state index contributed by atoms with van der Waals surface area (Å²) in [6, 6.07) is 8.16. The van der Waals surface area contributed by atoms with Crippen molar-refractivity contribution in [1.82, 2.24) is 25.1 Å². The van der Waals surface area contributed by atoms with Gasteiger partial charge >= 0.3 is 0 Å². The third kappa shape index (κ3) is 5.29. The Morgan fingerprint density at radius 2 is 2.00 bits per heavy atom. The zero-order chi connectivity index (χ0) is 18.6. The van der Waals surface area contributed by atoms with Gasteiger partial charge in [-0.2, -0.15) is 5.10 Å². The molecule has 0 unspecified atom stereocenters. The summed E-state index contributed by atoms with van der Waals surface area (Å²) in [7, 11) is -1.71. The first-order chi connectivity index (χ1) is 12.5. The maximum atomic E-state index is 12.5. The number of carbonyl (C=O) groups excluding carboxylic acids is 1. The van der Waals surface area contributed by atoms with Crippen molar-refractivity contribution in [3.63, 3.8) is 0 Å². The molecule has 3 rings (SSSR count). The number of sulfonamides is 1. The van der Waals surface area contributed by atoms with E-state index in [1.165, 1.54) is 12.1 Å². The monoisotopic (exact) mass is 413 g/mol. The van der Waals surface area contributed by atoms with Gasteiger partial charge in [-0.3, -0.25) is 9.48 Å². The molecule has 148 valence electrons. The van der Waals surface area contributed by atoms with Crippen molar-refractivity contribution in [3.8, 4) is 0 Å². The molecule has 2 aromatic rings. The Labute approximate surface area is 165 Å². The summed E-state index contributed by atoms with van der Waals surface area (Å²) in [5, 5.41) is 10.2. The lowest BCUT2D eigenvalue weighted by Crippen LogP contribution is -2.39. The highest BCUT2D eigenvalue weighted by Gasteiger charge is 2.34. The molecule has 0 saturated carbocycles. The van der Waals surface area contributed by atoms with Gasteiger partial charge in [-0.05, 0) is 17.7 Å². The third-order valence-corrected chi connectivity index (χ3v) is 5.95. The molecule has 1 fully saturated rings. The van der Waals surface area contributed by atoms with E-state index >= 15 is 0 Å². The summed E-state index contributed by atoms with van der Waals surface area (Å²) >= 11 is 0. The summed E-state index contributed by atoms with van der Waals surface area (Å²) in [6.45, 7) is 1.70. The first-order valence-electron chi connectivity index (χ1n) is 8.49. The van der Waals surface area contributed by atoms with Gasteiger partial charge in [0, 0.05) is 45.3 Å². The molecule has 10 heteroatoms. The maximum absolute atomic E-state index is 12.5. The van der Waals surface area contributed by atoms with Crippen LogP contribution in [0.25, 0.3) is 0 Å². The molecule has 2 heterocycles. The molecule has 27 heavy (non-hydrogen) atoms. The molecule has 0 radical (unpaired) electrons. The Kier molecular flexibility index (Phi) is 7.37. The number of aromatic nitrogens is 2. The van der Waals surface area contributed by atoms with Crippen molar-refractivity contribution < 1.29 is 13.2 Å². The number of rotatable bonds is 7. The molecule has 1 saturated heterocycles. The summed E-state index contributed by atoms with van der Waals surface area (Å²) < 4.78 is 28.5. The van der Waals surface area contributed by atoms with Gasteiger partial charge in [0.25, 0.3) is 0 Å². The van der Waals surface area contributed by atoms with Crippen LogP contribution < -0.4 is 15.4 Å². The normalized spacial score (nSPS) is 19.4. The maximum Gasteiger partial charge on any atom is 0.240 e. The van der Waals surface area contributed by atoms with Gasteiger partial charge in [-0.25, -0.2) is 13.1 Å². The fourth-order valence-electron chi connectivity index (χ4n) is 3.12. The molecule has 1 aliphatic rings. The van der Waals surface area contributed by atoms with Crippen molar-refractivity contribution in [2.45, 2.75) is 10.8 Å². The van der Waals surface area contributed by atoms with Crippen LogP contribution in [0.2, 0.25) is 0 Å². The van der Waals surface area contributed by atoms with Crippen LogP contribution in [0.1, 0.15) is 11.5 Å². The largest absolute Gasteiger partial charge is 0.354 e. The molecule has 1 aromatic heterocycles. The Bertz CT molecular complexity index is 856. The van der Waals surface area contributed by atoms with Crippen LogP contribution in [0.4, 0.5) is 0 Å². The van der Waals surface area contributed by atoms with E-state index in [0.29, 0.717) is 6.54 Å². The van der Waals surface area contributed by atoms with Crippen molar-refractivity contribution in [2.75, 3.05) is 26.2 Å². The van der Waals surface area contributed by atoms with E-state index in [1.54, 1.807) is 29.1 Å². The number of nitrogens with zero attached hydrogens (tertiary/aromatic N) is 2. The molecule has 1 aliphatic heterocycles. The summed E-state index contributed by atoms with van der Waals surface area (Å²) in [5.74, 6) is -0.197. The SMILES string of the molecule is Cl.Cn1cc([C@H]2CNC[C@@H]2C(=O)NCCNS(=O)(=O)c2ccccc2)cn1. The van der Waals surface area contributed by atoms with Crippen LogP contribution in [-0.2, 0) is 21.9 Å². The lowest BCUT2D eigenvalue weighted by atomic mass is 9.90. The smallest absolute Gasteiger partial charge is 0.240 e. The van der Waals surface area contributed by atoms with Crippen LogP contribution in [0.3, 0.4) is 0 Å². The minimum atomic E-state index is -3.55. The second-order valence-electron chi connectivity index (χ2n) is 6.32. The molecular formula is C17H24ClN5O3S. The van der Waals surface area contributed by atoms with E-state index in [4.69, 9.17) is 0 Å². The van der Waals surface area contributed by atoms with E-state index in [-0.39, 0.29) is 48.1 Å². The van der Waals surface area contributed by atoms with Crippen LogP contribution in [0.15, 0.2) is 47.6 Å². The van der Waals surface area contributed by atoms with Crippen LogP contribution in [0, 0.1) is 5.92 Å². The topological polar surface area (TPSA) is 105 Å². The Balaban J connectivity index is 0.00000261. The van der Waals surface area contributed by atoms with Crippen molar-refractivity contribution in [2.24, 2.45) is 13.0 Å². The van der Waals surface area contributed by atoms with Crippen molar-refractivity contribution in [1.29, 1.82) is 0 Å². The van der Waals surface area contributed by atoms with Crippen molar-refractivity contribution >= 4 is 28.3 Å². The predicted molar refractivity (Wildman–Crippen MR) is 104 cm³/mol.